The maximum atomic E-state index is 6.42. The van der Waals surface area contributed by atoms with Crippen LogP contribution in [0.2, 0.25) is 0 Å². The van der Waals surface area contributed by atoms with Crippen LogP contribution in [0.25, 0.3) is 0 Å². The predicted octanol–water partition coefficient (Wildman–Crippen LogP) is 3.39. The Morgan fingerprint density at radius 3 is 2.33 bits per heavy atom. The minimum atomic E-state index is 0. The Balaban J connectivity index is 0.000000562. The Bertz CT molecular complexity index is 230. The lowest BCUT2D eigenvalue weighted by atomic mass is 9.68. The first-order valence-corrected chi connectivity index (χ1v) is 5.98. The fourth-order valence-corrected chi connectivity index (χ4v) is 4.65. The maximum absolute atomic E-state index is 6.42. The third-order valence-electron chi connectivity index (χ3n) is 5.29. The minimum absolute atomic E-state index is 0. The summed E-state index contributed by atoms with van der Waals surface area (Å²) in [5.74, 6) is 2.86. The molecule has 3 aliphatic carbocycles. The topological polar surface area (TPSA) is 26.0 Å². The third kappa shape index (κ3) is 1.71. The summed E-state index contributed by atoms with van der Waals surface area (Å²) in [6, 6.07) is 0.566. The van der Waals surface area contributed by atoms with E-state index < -0.39 is 0 Å². The van der Waals surface area contributed by atoms with Gasteiger partial charge in [-0.1, -0.05) is 13.3 Å². The van der Waals surface area contributed by atoms with Gasteiger partial charge in [-0.15, -0.1) is 24.8 Å². The molecule has 0 aliphatic heterocycles. The molecule has 3 heteroatoms. The molecule has 0 aromatic carbocycles. The van der Waals surface area contributed by atoms with Crippen molar-refractivity contribution in [1.82, 2.24) is 0 Å². The molecule has 1 unspecified atom stereocenters. The second-order valence-electron chi connectivity index (χ2n) is 5.88. The van der Waals surface area contributed by atoms with Crippen molar-refractivity contribution < 1.29 is 0 Å². The van der Waals surface area contributed by atoms with E-state index in [1.54, 1.807) is 0 Å². The molecule has 90 valence electrons. The van der Waals surface area contributed by atoms with Gasteiger partial charge in [-0.05, 0) is 55.3 Å². The van der Waals surface area contributed by atoms with Gasteiger partial charge in [-0.25, -0.2) is 0 Å². The second-order valence-corrected chi connectivity index (χ2v) is 5.88. The van der Waals surface area contributed by atoms with Gasteiger partial charge in [0.15, 0.2) is 0 Å². The highest BCUT2D eigenvalue weighted by atomic mass is 35.5. The van der Waals surface area contributed by atoms with Crippen molar-refractivity contribution in [2.45, 2.75) is 51.5 Å². The van der Waals surface area contributed by atoms with Crippen molar-refractivity contribution in [2.24, 2.45) is 28.9 Å². The summed E-state index contributed by atoms with van der Waals surface area (Å²) in [7, 11) is 0. The molecule has 0 saturated heterocycles. The molecule has 0 amide bonds. The predicted molar refractivity (Wildman–Crippen MR) is 68.8 cm³/mol. The van der Waals surface area contributed by atoms with Crippen LogP contribution >= 0.6 is 24.8 Å². The molecule has 2 N–H and O–H groups in total. The standard InChI is InChI=1S/C12H21N.2ClH/c1-8-4-5-12(7-8)10-3-2-9(6-10)11(12)13;;/h8-11H,2-7,13H2,1H3;2*1H/t8?,9-,10+,11-,12+;;/m1../s1. The Labute approximate surface area is 105 Å². The molecule has 1 nitrogen and oxygen atoms in total. The van der Waals surface area contributed by atoms with Gasteiger partial charge in [0.1, 0.15) is 0 Å². The van der Waals surface area contributed by atoms with Crippen molar-refractivity contribution in [3.8, 4) is 0 Å². The van der Waals surface area contributed by atoms with Crippen molar-refractivity contribution in [1.29, 1.82) is 0 Å². The first-order valence-electron chi connectivity index (χ1n) is 5.98. The summed E-state index contributed by atoms with van der Waals surface area (Å²) in [6.45, 7) is 2.41. The molecule has 3 aliphatic rings. The highest BCUT2D eigenvalue weighted by molar-refractivity contribution is 5.85. The molecule has 0 aromatic rings. The van der Waals surface area contributed by atoms with Crippen LogP contribution in [0, 0.1) is 23.2 Å². The Morgan fingerprint density at radius 2 is 1.87 bits per heavy atom. The lowest BCUT2D eigenvalue weighted by molar-refractivity contribution is 0.134. The molecule has 3 saturated carbocycles. The van der Waals surface area contributed by atoms with Crippen LogP contribution in [-0.2, 0) is 0 Å². The van der Waals surface area contributed by atoms with Gasteiger partial charge in [-0.2, -0.15) is 0 Å². The van der Waals surface area contributed by atoms with E-state index in [9.17, 15) is 0 Å². The number of fused-ring (bicyclic) bond motifs is 3. The van der Waals surface area contributed by atoms with E-state index in [4.69, 9.17) is 5.73 Å². The Kier molecular flexibility index (Phi) is 4.01. The summed E-state index contributed by atoms with van der Waals surface area (Å²) in [5, 5.41) is 0. The van der Waals surface area contributed by atoms with Crippen molar-refractivity contribution in [3.05, 3.63) is 0 Å². The summed E-state index contributed by atoms with van der Waals surface area (Å²) in [6.07, 6.45) is 8.71. The molecule has 0 aromatic heterocycles. The molecule has 3 fully saturated rings. The van der Waals surface area contributed by atoms with Crippen LogP contribution in [0.3, 0.4) is 0 Å². The molecular weight excluding hydrogens is 229 g/mol. The van der Waals surface area contributed by atoms with Gasteiger partial charge in [0, 0.05) is 6.04 Å². The van der Waals surface area contributed by atoms with E-state index in [0.29, 0.717) is 11.5 Å². The maximum Gasteiger partial charge on any atom is 0.0127 e. The van der Waals surface area contributed by atoms with Crippen LogP contribution < -0.4 is 5.73 Å². The van der Waals surface area contributed by atoms with Crippen molar-refractivity contribution in [3.63, 3.8) is 0 Å². The highest BCUT2D eigenvalue weighted by Crippen LogP contribution is 2.62. The van der Waals surface area contributed by atoms with Gasteiger partial charge in [0.2, 0.25) is 0 Å². The molecule has 15 heavy (non-hydrogen) atoms. The zero-order valence-corrected chi connectivity index (χ0v) is 11.1. The quantitative estimate of drug-likeness (QED) is 0.702. The van der Waals surface area contributed by atoms with E-state index in [-0.39, 0.29) is 24.8 Å². The first-order chi connectivity index (χ1) is 6.22. The minimum Gasteiger partial charge on any atom is -0.327 e. The number of hydrogen-bond acceptors (Lipinski definition) is 1. The van der Waals surface area contributed by atoms with E-state index in [1.165, 1.54) is 38.5 Å². The summed E-state index contributed by atoms with van der Waals surface area (Å²) in [4.78, 5) is 0. The number of rotatable bonds is 0. The summed E-state index contributed by atoms with van der Waals surface area (Å²) < 4.78 is 0. The van der Waals surface area contributed by atoms with Gasteiger partial charge < -0.3 is 5.73 Å². The van der Waals surface area contributed by atoms with Crippen LogP contribution in [0.1, 0.15) is 45.4 Å². The van der Waals surface area contributed by atoms with E-state index in [2.05, 4.69) is 6.92 Å². The van der Waals surface area contributed by atoms with Crippen molar-refractivity contribution >= 4 is 24.8 Å². The fourth-order valence-electron chi connectivity index (χ4n) is 4.65. The van der Waals surface area contributed by atoms with Crippen LogP contribution in [0.4, 0.5) is 0 Å². The molecular formula is C12H23Cl2N. The third-order valence-corrected chi connectivity index (χ3v) is 5.29. The zero-order chi connectivity index (χ0) is 9.05. The SMILES string of the molecule is CC1CC[C@]2(C1)[C@H]1CC[C@H](C1)[C@H]2N.Cl.Cl. The van der Waals surface area contributed by atoms with Gasteiger partial charge in [-0.3, -0.25) is 0 Å². The molecule has 3 rings (SSSR count). The average Bonchev–Trinajstić information content (AvgIpc) is 2.73. The number of halogens is 2. The van der Waals surface area contributed by atoms with E-state index in [1.807, 2.05) is 0 Å². The smallest absolute Gasteiger partial charge is 0.0127 e. The monoisotopic (exact) mass is 251 g/mol. The van der Waals surface area contributed by atoms with Gasteiger partial charge in [0.25, 0.3) is 0 Å². The molecule has 0 radical (unpaired) electrons. The number of nitrogens with two attached hydrogens (primary N) is 1. The van der Waals surface area contributed by atoms with Crippen LogP contribution in [-0.4, -0.2) is 6.04 Å². The lowest BCUT2D eigenvalue weighted by Gasteiger charge is -2.39. The highest BCUT2D eigenvalue weighted by Gasteiger charge is 2.58. The zero-order valence-electron chi connectivity index (χ0n) is 9.45. The lowest BCUT2D eigenvalue weighted by Crippen LogP contribution is -2.44. The second kappa shape index (κ2) is 4.43. The largest absolute Gasteiger partial charge is 0.327 e. The van der Waals surface area contributed by atoms with Gasteiger partial charge >= 0.3 is 0 Å². The average molecular weight is 252 g/mol. The first kappa shape index (κ1) is 13.6. The van der Waals surface area contributed by atoms with E-state index in [0.717, 1.165) is 17.8 Å². The number of hydrogen-bond donors (Lipinski definition) is 1. The Morgan fingerprint density at radius 1 is 1.13 bits per heavy atom. The van der Waals surface area contributed by atoms with E-state index >= 15 is 0 Å². The van der Waals surface area contributed by atoms with Crippen LogP contribution in [0.15, 0.2) is 0 Å². The normalized spacial score (nSPS) is 51.6. The van der Waals surface area contributed by atoms with Crippen molar-refractivity contribution in [2.75, 3.05) is 0 Å². The molecule has 1 spiro atoms. The Hall–Kier alpha value is 0.540. The van der Waals surface area contributed by atoms with Crippen LogP contribution in [0.5, 0.6) is 0 Å². The van der Waals surface area contributed by atoms with Gasteiger partial charge in [0.05, 0.1) is 0 Å². The molecule has 2 bridgehead atoms. The summed E-state index contributed by atoms with van der Waals surface area (Å²) in [5.41, 5.74) is 7.04. The molecule has 5 atom stereocenters. The molecule has 0 heterocycles. The fraction of sp³-hybridized carbons (Fsp3) is 1.00. The summed E-state index contributed by atoms with van der Waals surface area (Å²) >= 11 is 0.